The number of amides is 1. The molecule has 8 heteroatoms. The Balaban J connectivity index is 2.24. The summed E-state index contributed by atoms with van der Waals surface area (Å²) in [7, 11) is 2.49. The predicted molar refractivity (Wildman–Crippen MR) is 74.3 cm³/mol. The van der Waals surface area contributed by atoms with Gasteiger partial charge in [0.25, 0.3) is 5.91 Å². The monoisotopic (exact) mass is 308 g/mol. The first-order valence-electron chi connectivity index (χ1n) is 6.88. The maximum absolute atomic E-state index is 12.3. The third-order valence-electron chi connectivity index (χ3n) is 4.01. The Hall–Kier alpha value is -2.35. The number of carbonyl (C=O) groups is 2. The van der Waals surface area contributed by atoms with Gasteiger partial charge in [-0.1, -0.05) is 0 Å². The van der Waals surface area contributed by atoms with E-state index in [-0.39, 0.29) is 29.1 Å². The van der Waals surface area contributed by atoms with E-state index >= 15 is 0 Å². The Morgan fingerprint density at radius 3 is 2.86 bits per heavy atom. The van der Waals surface area contributed by atoms with E-state index in [9.17, 15) is 14.4 Å². The van der Waals surface area contributed by atoms with E-state index in [4.69, 9.17) is 9.47 Å². The summed E-state index contributed by atoms with van der Waals surface area (Å²) in [6.07, 6.45) is 2.04. The minimum Gasteiger partial charge on any atom is -0.491 e. The minimum atomic E-state index is -0.756. The van der Waals surface area contributed by atoms with E-state index in [1.54, 1.807) is 4.57 Å². The SMILES string of the molecule is COC(=O)c1cn2c(c(OC)c1=O)C(=O)N[C@H]1COCC[C@H]12. The fourth-order valence-electron chi connectivity index (χ4n) is 2.97. The number of methoxy groups -OCH3 is 2. The van der Waals surface area contributed by atoms with Crippen LogP contribution in [0.1, 0.15) is 33.3 Å². The zero-order valence-electron chi connectivity index (χ0n) is 12.3. The summed E-state index contributed by atoms with van der Waals surface area (Å²) in [6, 6.07) is -0.300. The fourth-order valence-corrected chi connectivity index (χ4v) is 2.97. The van der Waals surface area contributed by atoms with E-state index < -0.39 is 17.3 Å². The Morgan fingerprint density at radius 2 is 2.18 bits per heavy atom. The average Bonchev–Trinajstić information content (AvgIpc) is 2.54. The van der Waals surface area contributed by atoms with Gasteiger partial charge in [-0.25, -0.2) is 4.79 Å². The van der Waals surface area contributed by atoms with Gasteiger partial charge in [-0.2, -0.15) is 0 Å². The second kappa shape index (κ2) is 5.45. The molecule has 22 heavy (non-hydrogen) atoms. The quantitative estimate of drug-likeness (QED) is 0.755. The van der Waals surface area contributed by atoms with Crippen LogP contribution >= 0.6 is 0 Å². The van der Waals surface area contributed by atoms with Crippen molar-refractivity contribution >= 4 is 11.9 Å². The van der Waals surface area contributed by atoms with Gasteiger partial charge in [-0.3, -0.25) is 9.59 Å². The van der Waals surface area contributed by atoms with Crippen molar-refractivity contribution in [1.29, 1.82) is 0 Å². The average molecular weight is 308 g/mol. The molecule has 1 aromatic rings. The number of nitrogens with one attached hydrogen (secondary N) is 1. The normalized spacial score (nSPS) is 23.1. The third kappa shape index (κ3) is 2.07. The van der Waals surface area contributed by atoms with Crippen LogP contribution in [0.5, 0.6) is 5.75 Å². The predicted octanol–water partition coefficient (Wildman–Crippen LogP) is -0.283. The Bertz CT molecular complexity index is 695. The van der Waals surface area contributed by atoms with Gasteiger partial charge in [0.2, 0.25) is 5.43 Å². The molecule has 0 saturated carbocycles. The molecule has 0 unspecified atom stereocenters. The van der Waals surface area contributed by atoms with E-state index in [1.165, 1.54) is 20.4 Å². The standard InChI is InChI=1S/C14H16N2O6/c1-20-12-10-13(18)15-8-6-22-4-3-9(8)16(10)5-7(11(12)17)14(19)21-2/h5,8-9H,3-4,6H2,1-2H3,(H,15,18)/t8-,9+/m0/s1. The first-order valence-corrected chi connectivity index (χ1v) is 6.88. The number of esters is 1. The summed E-state index contributed by atoms with van der Waals surface area (Å²) >= 11 is 0. The first kappa shape index (κ1) is 14.6. The van der Waals surface area contributed by atoms with Crippen molar-refractivity contribution in [3.8, 4) is 5.75 Å². The van der Waals surface area contributed by atoms with E-state index in [0.29, 0.717) is 19.6 Å². The number of nitrogens with zero attached hydrogens (tertiary/aromatic N) is 1. The Morgan fingerprint density at radius 1 is 1.41 bits per heavy atom. The smallest absolute Gasteiger partial charge is 0.343 e. The molecule has 2 atom stereocenters. The van der Waals surface area contributed by atoms with E-state index in [2.05, 4.69) is 10.1 Å². The lowest BCUT2D eigenvalue weighted by Crippen LogP contribution is -2.53. The van der Waals surface area contributed by atoms with Crippen LogP contribution in [-0.2, 0) is 9.47 Å². The molecule has 1 aromatic heterocycles. The number of rotatable bonds is 2. The summed E-state index contributed by atoms with van der Waals surface area (Å²) in [5.74, 6) is -1.32. The second-order valence-electron chi connectivity index (χ2n) is 5.16. The number of hydrogen-bond acceptors (Lipinski definition) is 6. The molecule has 0 aromatic carbocycles. The molecule has 0 radical (unpaired) electrons. The maximum Gasteiger partial charge on any atom is 0.343 e. The van der Waals surface area contributed by atoms with Crippen LogP contribution in [0.15, 0.2) is 11.0 Å². The summed E-state index contributed by atoms with van der Waals surface area (Å²) in [5, 5.41) is 2.82. The Kier molecular flexibility index (Phi) is 3.61. The van der Waals surface area contributed by atoms with Crippen LogP contribution < -0.4 is 15.5 Å². The van der Waals surface area contributed by atoms with Crippen molar-refractivity contribution in [3.63, 3.8) is 0 Å². The van der Waals surface area contributed by atoms with Crippen molar-refractivity contribution in [1.82, 2.24) is 9.88 Å². The molecule has 0 aliphatic carbocycles. The maximum atomic E-state index is 12.3. The van der Waals surface area contributed by atoms with Crippen molar-refractivity contribution in [2.45, 2.75) is 18.5 Å². The molecule has 3 heterocycles. The highest BCUT2D eigenvalue weighted by atomic mass is 16.5. The molecular weight excluding hydrogens is 292 g/mol. The van der Waals surface area contributed by atoms with Crippen molar-refractivity contribution < 1.29 is 23.8 Å². The Labute approximate surface area is 126 Å². The van der Waals surface area contributed by atoms with Gasteiger partial charge >= 0.3 is 5.97 Å². The highest BCUT2D eigenvalue weighted by Gasteiger charge is 2.38. The zero-order valence-corrected chi connectivity index (χ0v) is 12.3. The zero-order chi connectivity index (χ0) is 15.9. The number of hydrogen-bond donors (Lipinski definition) is 1. The molecule has 1 saturated heterocycles. The third-order valence-corrected chi connectivity index (χ3v) is 4.01. The lowest BCUT2D eigenvalue weighted by Gasteiger charge is -2.39. The van der Waals surface area contributed by atoms with Crippen LogP contribution in [0.25, 0.3) is 0 Å². The van der Waals surface area contributed by atoms with Gasteiger partial charge in [0.15, 0.2) is 11.4 Å². The molecular formula is C14H16N2O6. The minimum absolute atomic E-state index is 0.0978. The molecule has 2 aliphatic rings. The van der Waals surface area contributed by atoms with Gasteiger partial charge in [0.05, 0.1) is 32.9 Å². The fraction of sp³-hybridized carbons (Fsp3) is 0.500. The number of pyridine rings is 1. The topological polar surface area (TPSA) is 95.9 Å². The van der Waals surface area contributed by atoms with Crippen LogP contribution in [0, 0.1) is 0 Å². The van der Waals surface area contributed by atoms with Crippen molar-refractivity contribution in [2.75, 3.05) is 27.4 Å². The summed E-state index contributed by atoms with van der Waals surface area (Å²) in [6.45, 7) is 0.927. The molecule has 0 spiro atoms. The first-order chi connectivity index (χ1) is 10.6. The number of carbonyl (C=O) groups excluding carboxylic acids is 2. The lowest BCUT2D eigenvalue weighted by atomic mass is 9.98. The largest absolute Gasteiger partial charge is 0.491 e. The van der Waals surface area contributed by atoms with Crippen molar-refractivity contribution in [3.05, 3.63) is 27.7 Å². The highest BCUT2D eigenvalue weighted by Crippen LogP contribution is 2.30. The van der Waals surface area contributed by atoms with Gasteiger partial charge < -0.3 is 24.1 Å². The van der Waals surface area contributed by atoms with E-state index in [0.717, 1.165) is 0 Å². The van der Waals surface area contributed by atoms with Crippen molar-refractivity contribution in [2.24, 2.45) is 0 Å². The second-order valence-corrected chi connectivity index (χ2v) is 5.16. The molecule has 118 valence electrons. The lowest BCUT2D eigenvalue weighted by molar-refractivity contribution is 0.0288. The van der Waals surface area contributed by atoms with Gasteiger partial charge in [0.1, 0.15) is 5.56 Å². The molecule has 8 nitrogen and oxygen atoms in total. The number of fused-ring (bicyclic) bond motifs is 3. The molecule has 0 bridgehead atoms. The summed E-state index contributed by atoms with van der Waals surface area (Å²) < 4.78 is 16.7. The number of ether oxygens (including phenoxy) is 3. The molecule has 1 N–H and O–H groups in total. The summed E-state index contributed by atoms with van der Waals surface area (Å²) in [4.78, 5) is 36.4. The highest BCUT2D eigenvalue weighted by molar-refractivity contribution is 5.98. The van der Waals surface area contributed by atoms with Crippen LogP contribution in [0.4, 0.5) is 0 Å². The molecule has 1 fully saturated rings. The number of aromatic nitrogens is 1. The molecule has 3 rings (SSSR count). The van der Waals surface area contributed by atoms with Gasteiger partial charge in [0, 0.05) is 12.8 Å². The summed E-state index contributed by atoms with van der Waals surface area (Å²) in [5.41, 5.74) is -0.674. The van der Waals surface area contributed by atoms with Crippen LogP contribution in [0.3, 0.4) is 0 Å². The van der Waals surface area contributed by atoms with Crippen LogP contribution in [0.2, 0.25) is 0 Å². The molecule has 1 amide bonds. The van der Waals surface area contributed by atoms with Crippen LogP contribution in [-0.4, -0.2) is 49.9 Å². The van der Waals surface area contributed by atoms with Gasteiger partial charge in [-0.15, -0.1) is 0 Å². The molecule has 2 aliphatic heterocycles. The van der Waals surface area contributed by atoms with Gasteiger partial charge in [-0.05, 0) is 6.42 Å². The van der Waals surface area contributed by atoms with E-state index in [1.807, 2.05) is 0 Å².